The first-order chi connectivity index (χ1) is 13.1. The normalized spacial score (nSPS) is 22.2. The zero-order chi connectivity index (χ0) is 18.8. The summed E-state index contributed by atoms with van der Waals surface area (Å²) in [5.41, 5.74) is 0.790. The Morgan fingerprint density at radius 1 is 1.33 bits per heavy atom. The van der Waals surface area contributed by atoms with Crippen molar-refractivity contribution in [3.05, 3.63) is 41.3 Å². The fraction of sp³-hybridized carbons (Fsp3) is 0.412. The number of anilines is 2. The highest BCUT2D eigenvalue weighted by molar-refractivity contribution is 5.90. The molecular weight excluding hydrogens is 359 g/mol. The standard InChI is InChI=1S/C17H17FN4O5/c18-14-7-12(1-2-15(14)21-5-3-11(8-21)19-24)22-9-13(27-17(22)23)10-25-16-4-6-26-20-16/h1-2,4,6-7,11,13H,3,5,8-10H2. The number of hydrogen-bond donors (Lipinski definition) is 0. The molecule has 1 aromatic carbocycles. The van der Waals surface area contributed by atoms with Gasteiger partial charge in [-0.1, -0.05) is 5.18 Å². The highest BCUT2D eigenvalue weighted by atomic mass is 19.1. The van der Waals surface area contributed by atoms with Gasteiger partial charge in [-0.25, -0.2) is 9.18 Å². The number of aromatic nitrogens is 1. The SMILES string of the molecule is O=NC1CCN(c2ccc(N3CC(COc4ccon4)OC3=O)cc2F)C1. The Balaban J connectivity index is 1.41. The number of nitrogens with zero attached hydrogens (tertiary/aromatic N) is 4. The van der Waals surface area contributed by atoms with Gasteiger partial charge in [0.2, 0.25) is 0 Å². The molecule has 142 valence electrons. The van der Waals surface area contributed by atoms with Crippen LogP contribution in [-0.2, 0) is 4.74 Å². The van der Waals surface area contributed by atoms with Gasteiger partial charge in [0.1, 0.15) is 24.7 Å². The Morgan fingerprint density at radius 3 is 2.93 bits per heavy atom. The summed E-state index contributed by atoms with van der Waals surface area (Å²) >= 11 is 0. The maximum Gasteiger partial charge on any atom is 0.414 e. The van der Waals surface area contributed by atoms with Crippen molar-refractivity contribution in [2.24, 2.45) is 5.18 Å². The van der Waals surface area contributed by atoms with Crippen molar-refractivity contribution in [1.82, 2.24) is 5.16 Å². The summed E-state index contributed by atoms with van der Waals surface area (Å²) < 4.78 is 29.8. The molecule has 27 heavy (non-hydrogen) atoms. The van der Waals surface area contributed by atoms with E-state index in [0.29, 0.717) is 36.8 Å². The van der Waals surface area contributed by atoms with E-state index in [-0.39, 0.29) is 19.2 Å². The highest BCUT2D eigenvalue weighted by Gasteiger charge is 2.34. The van der Waals surface area contributed by atoms with E-state index >= 15 is 0 Å². The van der Waals surface area contributed by atoms with Gasteiger partial charge in [-0.2, -0.15) is 4.91 Å². The molecule has 2 unspecified atom stereocenters. The number of cyclic esters (lactones) is 1. The van der Waals surface area contributed by atoms with E-state index in [1.807, 2.05) is 0 Å². The van der Waals surface area contributed by atoms with Gasteiger partial charge in [-0.3, -0.25) is 4.90 Å². The van der Waals surface area contributed by atoms with Crippen LogP contribution in [0.2, 0.25) is 0 Å². The predicted octanol–water partition coefficient (Wildman–Crippen LogP) is 2.56. The molecule has 10 heteroatoms. The summed E-state index contributed by atoms with van der Waals surface area (Å²) in [7, 11) is 0. The Labute approximate surface area is 153 Å². The average molecular weight is 376 g/mol. The van der Waals surface area contributed by atoms with Crippen LogP contribution in [-0.4, -0.2) is 49.6 Å². The van der Waals surface area contributed by atoms with Crippen LogP contribution in [0.25, 0.3) is 0 Å². The predicted molar refractivity (Wildman–Crippen MR) is 92.4 cm³/mol. The van der Waals surface area contributed by atoms with Gasteiger partial charge in [-0.15, -0.1) is 0 Å². The third kappa shape index (κ3) is 3.55. The second-order valence-corrected chi connectivity index (χ2v) is 6.39. The van der Waals surface area contributed by atoms with Crippen LogP contribution >= 0.6 is 0 Å². The highest BCUT2D eigenvalue weighted by Crippen LogP contribution is 2.30. The van der Waals surface area contributed by atoms with E-state index in [4.69, 9.17) is 9.47 Å². The summed E-state index contributed by atoms with van der Waals surface area (Å²) in [5, 5.41) is 6.63. The summed E-state index contributed by atoms with van der Waals surface area (Å²) in [6.07, 6.45) is 0.911. The summed E-state index contributed by atoms with van der Waals surface area (Å²) in [4.78, 5) is 25.9. The molecule has 0 spiro atoms. The molecule has 2 fully saturated rings. The number of halogens is 1. The van der Waals surface area contributed by atoms with E-state index in [1.165, 1.54) is 17.2 Å². The average Bonchev–Trinajstić information content (AvgIpc) is 3.41. The van der Waals surface area contributed by atoms with Gasteiger partial charge in [0.15, 0.2) is 6.10 Å². The van der Waals surface area contributed by atoms with E-state index in [0.717, 1.165) is 0 Å². The monoisotopic (exact) mass is 376 g/mol. The molecule has 9 nitrogen and oxygen atoms in total. The van der Waals surface area contributed by atoms with Crippen LogP contribution in [0, 0.1) is 10.7 Å². The topological polar surface area (TPSA) is 97.5 Å². The maximum absolute atomic E-state index is 14.6. The minimum absolute atomic E-state index is 0.114. The van der Waals surface area contributed by atoms with Crippen LogP contribution in [0.15, 0.2) is 40.2 Å². The number of carbonyl (C=O) groups excluding carboxylic acids is 1. The van der Waals surface area contributed by atoms with Crippen molar-refractivity contribution in [3.8, 4) is 5.88 Å². The van der Waals surface area contributed by atoms with E-state index in [2.05, 4.69) is 14.9 Å². The molecule has 1 amide bonds. The Morgan fingerprint density at radius 2 is 2.22 bits per heavy atom. The van der Waals surface area contributed by atoms with Crippen LogP contribution in [0.5, 0.6) is 5.88 Å². The Kier molecular flexibility index (Phi) is 4.61. The molecule has 2 atom stereocenters. The largest absolute Gasteiger partial charge is 0.471 e. The molecule has 0 bridgehead atoms. The molecule has 4 rings (SSSR count). The lowest BCUT2D eigenvalue weighted by molar-refractivity contribution is 0.102. The van der Waals surface area contributed by atoms with Crippen LogP contribution in [0.3, 0.4) is 0 Å². The quantitative estimate of drug-likeness (QED) is 0.715. The van der Waals surface area contributed by atoms with Crippen molar-refractivity contribution in [2.45, 2.75) is 18.6 Å². The first kappa shape index (κ1) is 17.3. The second-order valence-electron chi connectivity index (χ2n) is 6.39. The fourth-order valence-corrected chi connectivity index (χ4v) is 3.24. The zero-order valence-electron chi connectivity index (χ0n) is 14.3. The second kappa shape index (κ2) is 7.22. The molecule has 2 saturated heterocycles. The lowest BCUT2D eigenvalue weighted by atomic mass is 10.2. The molecule has 0 aliphatic carbocycles. The molecule has 1 aromatic heterocycles. The molecule has 2 aliphatic rings. The summed E-state index contributed by atoms with van der Waals surface area (Å²) in [6.45, 7) is 1.31. The molecule has 2 aromatic rings. The van der Waals surface area contributed by atoms with Crippen molar-refractivity contribution in [3.63, 3.8) is 0 Å². The van der Waals surface area contributed by atoms with E-state index < -0.39 is 18.0 Å². The number of hydrogen-bond acceptors (Lipinski definition) is 8. The summed E-state index contributed by atoms with van der Waals surface area (Å²) in [5.74, 6) is -0.164. The van der Waals surface area contributed by atoms with Gasteiger partial charge in [-0.05, 0) is 29.8 Å². The van der Waals surface area contributed by atoms with Gasteiger partial charge in [0.05, 0.1) is 17.9 Å². The maximum atomic E-state index is 14.6. The van der Waals surface area contributed by atoms with E-state index in [1.54, 1.807) is 23.1 Å². The van der Waals surface area contributed by atoms with Gasteiger partial charge < -0.3 is 18.9 Å². The minimum Gasteiger partial charge on any atom is -0.471 e. The number of ether oxygens (including phenoxy) is 2. The third-order valence-electron chi connectivity index (χ3n) is 4.60. The Hall–Kier alpha value is -3.17. The number of benzene rings is 1. The molecule has 3 heterocycles. The third-order valence-corrected chi connectivity index (χ3v) is 4.60. The fourth-order valence-electron chi connectivity index (χ4n) is 3.24. The first-order valence-electron chi connectivity index (χ1n) is 8.52. The van der Waals surface area contributed by atoms with Crippen molar-refractivity contribution in [2.75, 3.05) is 36.0 Å². The smallest absolute Gasteiger partial charge is 0.414 e. The molecular formula is C17H17FN4O5. The number of nitroso groups, excluding NO2 is 1. The molecule has 2 aliphatic heterocycles. The summed E-state index contributed by atoms with van der Waals surface area (Å²) in [6, 6.07) is 5.78. The lowest BCUT2D eigenvalue weighted by Crippen LogP contribution is -2.27. The van der Waals surface area contributed by atoms with E-state index in [9.17, 15) is 14.1 Å². The number of amides is 1. The lowest BCUT2D eigenvalue weighted by Gasteiger charge is -2.20. The van der Waals surface area contributed by atoms with Crippen LogP contribution in [0.1, 0.15) is 6.42 Å². The van der Waals surface area contributed by atoms with Gasteiger partial charge >= 0.3 is 6.09 Å². The van der Waals surface area contributed by atoms with Crippen LogP contribution < -0.4 is 14.5 Å². The zero-order valence-corrected chi connectivity index (χ0v) is 14.3. The number of rotatable bonds is 6. The van der Waals surface area contributed by atoms with Crippen LogP contribution in [0.4, 0.5) is 20.6 Å². The molecule has 0 saturated carbocycles. The van der Waals surface area contributed by atoms with Crippen molar-refractivity contribution >= 4 is 17.5 Å². The minimum atomic E-state index is -0.567. The number of carbonyl (C=O) groups is 1. The molecule has 0 N–H and O–H groups in total. The van der Waals surface area contributed by atoms with Gasteiger partial charge in [0.25, 0.3) is 5.88 Å². The van der Waals surface area contributed by atoms with Crippen molar-refractivity contribution < 1.29 is 23.2 Å². The first-order valence-corrected chi connectivity index (χ1v) is 8.52. The van der Waals surface area contributed by atoms with Gasteiger partial charge in [0, 0.05) is 19.2 Å². The Bertz CT molecular complexity index is 831. The molecule has 0 radical (unpaired) electrons. The van der Waals surface area contributed by atoms with Crippen molar-refractivity contribution in [1.29, 1.82) is 0 Å².